The number of ether oxygens (including phenoxy) is 1. The number of carbonyl (C=O) groups is 1. The first kappa shape index (κ1) is 21.9. The third-order valence-electron chi connectivity index (χ3n) is 5.54. The van der Waals surface area contributed by atoms with Crippen LogP contribution in [0.4, 0.5) is 11.4 Å². The van der Waals surface area contributed by atoms with E-state index in [1.54, 1.807) is 43.4 Å². The van der Waals surface area contributed by atoms with E-state index in [0.29, 0.717) is 40.3 Å². The van der Waals surface area contributed by atoms with Crippen LogP contribution < -0.4 is 26.5 Å². The van der Waals surface area contributed by atoms with Gasteiger partial charge in [0, 0.05) is 26.2 Å². The van der Waals surface area contributed by atoms with Gasteiger partial charge in [-0.05, 0) is 35.9 Å². The van der Waals surface area contributed by atoms with E-state index in [0.717, 1.165) is 5.56 Å². The van der Waals surface area contributed by atoms with Crippen LogP contribution in [0.15, 0.2) is 76.3 Å². The minimum Gasteiger partial charge on any atom is -0.497 e. The van der Waals surface area contributed by atoms with E-state index in [9.17, 15) is 14.4 Å². The lowest BCUT2D eigenvalue weighted by atomic mass is 10.1. The smallest absolute Gasteiger partial charge is 0.316 e. The van der Waals surface area contributed by atoms with Crippen molar-refractivity contribution in [3.05, 3.63) is 98.6 Å². The van der Waals surface area contributed by atoms with E-state index in [-0.39, 0.29) is 5.91 Å². The Morgan fingerprint density at radius 1 is 0.848 bits per heavy atom. The molecule has 1 heterocycles. The first-order valence-electron chi connectivity index (χ1n) is 10.4. The number of nitrogens with zero attached hydrogens (tertiary/aromatic N) is 2. The summed E-state index contributed by atoms with van der Waals surface area (Å²) in [6, 6.07) is 20.1. The summed E-state index contributed by atoms with van der Waals surface area (Å²) in [7, 11) is 4.63. The standard InChI is InChI=1S/C25H24N4O4/c1-28-21-13-19(26-15-16-8-5-4-6-9-16)20(14-22(21)29(2)25(32)24(28)31)27-23(30)17-10-7-11-18(12-17)33-3/h4-14,26H,15H2,1-3H3,(H,27,30). The Bertz CT molecular complexity index is 1460. The van der Waals surface area contributed by atoms with E-state index in [4.69, 9.17) is 4.74 Å². The molecule has 2 N–H and O–H groups in total. The molecule has 0 radical (unpaired) electrons. The average molecular weight is 444 g/mol. The molecule has 0 spiro atoms. The van der Waals surface area contributed by atoms with Crippen LogP contribution in [0, 0.1) is 0 Å². The van der Waals surface area contributed by atoms with Crippen LogP contribution in [0.5, 0.6) is 5.75 Å². The molecule has 0 aliphatic rings. The van der Waals surface area contributed by atoms with Crippen LogP contribution in [0.2, 0.25) is 0 Å². The predicted octanol–water partition coefficient (Wildman–Crippen LogP) is 3.11. The number of hydrogen-bond acceptors (Lipinski definition) is 5. The van der Waals surface area contributed by atoms with Crippen molar-refractivity contribution in [3.8, 4) is 5.75 Å². The zero-order chi connectivity index (χ0) is 23.5. The summed E-state index contributed by atoms with van der Waals surface area (Å²) in [5, 5.41) is 6.27. The highest BCUT2D eigenvalue weighted by atomic mass is 16.5. The van der Waals surface area contributed by atoms with Crippen LogP contribution in [0.3, 0.4) is 0 Å². The fourth-order valence-electron chi connectivity index (χ4n) is 3.62. The number of fused-ring (bicyclic) bond motifs is 1. The molecule has 1 aromatic heterocycles. The van der Waals surface area contributed by atoms with Crippen molar-refractivity contribution in [1.82, 2.24) is 9.13 Å². The van der Waals surface area contributed by atoms with Crippen LogP contribution in [0.25, 0.3) is 11.0 Å². The molecule has 0 bridgehead atoms. The molecule has 33 heavy (non-hydrogen) atoms. The predicted molar refractivity (Wildman–Crippen MR) is 129 cm³/mol. The number of hydrogen-bond donors (Lipinski definition) is 2. The van der Waals surface area contributed by atoms with Gasteiger partial charge in [-0.15, -0.1) is 0 Å². The minimum atomic E-state index is -0.639. The van der Waals surface area contributed by atoms with Gasteiger partial charge in [0.1, 0.15) is 5.75 Å². The molecule has 4 rings (SSSR count). The van der Waals surface area contributed by atoms with E-state index < -0.39 is 11.1 Å². The lowest BCUT2D eigenvalue weighted by Crippen LogP contribution is -2.39. The van der Waals surface area contributed by atoms with Gasteiger partial charge in [0.2, 0.25) is 0 Å². The van der Waals surface area contributed by atoms with Gasteiger partial charge in [0.25, 0.3) is 5.91 Å². The van der Waals surface area contributed by atoms with Crippen LogP contribution in [0.1, 0.15) is 15.9 Å². The first-order valence-corrected chi connectivity index (χ1v) is 10.4. The normalized spacial score (nSPS) is 10.8. The molecule has 0 fully saturated rings. The van der Waals surface area contributed by atoms with Crippen molar-refractivity contribution in [2.75, 3.05) is 17.7 Å². The highest BCUT2D eigenvalue weighted by molar-refractivity contribution is 6.07. The zero-order valence-electron chi connectivity index (χ0n) is 18.6. The number of nitrogens with one attached hydrogen (secondary N) is 2. The van der Waals surface area contributed by atoms with Gasteiger partial charge < -0.3 is 24.5 Å². The number of anilines is 2. The summed E-state index contributed by atoms with van der Waals surface area (Å²) >= 11 is 0. The van der Waals surface area contributed by atoms with Gasteiger partial charge in [-0.3, -0.25) is 14.4 Å². The van der Waals surface area contributed by atoms with Crippen molar-refractivity contribution < 1.29 is 9.53 Å². The number of benzene rings is 3. The molecule has 0 saturated heterocycles. The topological polar surface area (TPSA) is 94.4 Å². The molecular formula is C25H24N4O4. The van der Waals surface area contributed by atoms with Crippen molar-refractivity contribution >= 4 is 28.3 Å². The summed E-state index contributed by atoms with van der Waals surface area (Å²) in [5.74, 6) is 0.242. The van der Waals surface area contributed by atoms with Gasteiger partial charge in [-0.25, -0.2) is 0 Å². The molecule has 168 valence electrons. The third kappa shape index (κ3) is 4.36. The Labute approximate surface area is 190 Å². The maximum Gasteiger partial charge on any atom is 0.316 e. The van der Waals surface area contributed by atoms with Crippen LogP contribution >= 0.6 is 0 Å². The molecular weight excluding hydrogens is 420 g/mol. The number of methoxy groups -OCH3 is 1. The Hall–Kier alpha value is -4.33. The fourth-order valence-corrected chi connectivity index (χ4v) is 3.62. The van der Waals surface area contributed by atoms with E-state index >= 15 is 0 Å². The van der Waals surface area contributed by atoms with Gasteiger partial charge in [-0.2, -0.15) is 0 Å². The van der Waals surface area contributed by atoms with Crippen molar-refractivity contribution in [2.45, 2.75) is 6.54 Å². The molecule has 1 amide bonds. The quantitative estimate of drug-likeness (QED) is 0.446. The number of amides is 1. The van der Waals surface area contributed by atoms with E-state index in [1.807, 2.05) is 30.3 Å². The van der Waals surface area contributed by atoms with Gasteiger partial charge >= 0.3 is 11.1 Å². The van der Waals surface area contributed by atoms with Crippen molar-refractivity contribution in [1.29, 1.82) is 0 Å². The highest BCUT2D eigenvalue weighted by Gasteiger charge is 2.15. The lowest BCUT2D eigenvalue weighted by Gasteiger charge is -2.17. The second kappa shape index (κ2) is 9.04. The Balaban J connectivity index is 1.80. The van der Waals surface area contributed by atoms with Crippen LogP contribution in [-0.4, -0.2) is 22.2 Å². The monoisotopic (exact) mass is 444 g/mol. The highest BCUT2D eigenvalue weighted by Crippen LogP contribution is 2.28. The second-order valence-corrected chi connectivity index (χ2v) is 7.64. The average Bonchev–Trinajstić information content (AvgIpc) is 2.85. The van der Waals surface area contributed by atoms with E-state index in [1.165, 1.54) is 23.3 Å². The first-order chi connectivity index (χ1) is 15.9. The maximum absolute atomic E-state index is 13.0. The second-order valence-electron chi connectivity index (χ2n) is 7.64. The molecule has 0 unspecified atom stereocenters. The lowest BCUT2D eigenvalue weighted by molar-refractivity contribution is 0.102. The molecule has 0 aliphatic heterocycles. The summed E-state index contributed by atoms with van der Waals surface area (Å²) in [4.78, 5) is 37.7. The maximum atomic E-state index is 13.0. The number of carbonyl (C=O) groups excluding carboxylic acids is 1. The molecule has 0 aliphatic carbocycles. The van der Waals surface area contributed by atoms with Gasteiger partial charge in [0.05, 0.1) is 29.5 Å². The minimum absolute atomic E-state index is 0.328. The Kier molecular flexibility index (Phi) is 5.99. The zero-order valence-corrected chi connectivity index (χ0v) is 18.6. The molecule has 3 aromatic carbocycles. The molecule has 0 saturated carbocycles. The Morgan fingerprint density at radius 2 is 1.48 bits per heavy atom. The summed E-state index contributed by atoms with van der Waals surface area (Å²) < 4.78 is 7.82. The number of aromatic nitrogens is 2. The Morgan fingerprint density at radius 3 is 2.12 bits per heavy atom. The summed E-state index contributed by atoms with van der Waals surface area (Å²) in [5.41, 5.74) is 2.42. The van der Waals surface area contributed by atoms with Gasteiger partial charge in [-0.1, -0.05) is 36.4 Å². The SMILES string of the molecule is COc1cccc(C(=O)Nc2cc3c(cc2NCc2ccccc2)n(C)c(=O)c(=O)n3C)c1. The summed E-state index contributed by atoms with van der Waals surface area (Å²) in [6.07, 6.45) is 0. The molecule has 0 atom stereocenters. The largest absolute Gasteiger partial charge is 0.497 e. The molecule has 8 nitrogen and oxygen atoms in total. The van der Waals surface area contributed by atoms with Gasteiger partial charge in [0.15, 0.2) is 0 Å². The number of rotatable bonds is 6. The van der Waals surface area contributed by atoms with Crippen molar-refractivity contribution in [2.24, 2.45) is 14.1 Å². The third-order valence-corrected chi connectivity index (χ3v) is 5.54. The van der Waals surface area contributed by atoms with E-state index in [2.05, 4.69) is 10.6 Å². The molecule has 4 aromatic rings. The van der Waals surface area contributed by atoms with Crippen LogP contribution in [-0.2, 0) is 20.6 Å². The number of aryl methyl sites for hydroxylation is 2. The fraction of sp³-hybridized carbons (Fsp3) is 0.160. The molecule has 8 heteroatoms. The summed E-state index contributed by atoms with van der Waals surface area (Å²) in [6.45, 7) is 0.508. The van der Waals surface area contributed by atoms with Crippen molar-refractivity contribution in [3.63, 3.8) is 0 Å².